The van der Waals surface area contributed by atoms with Crippen LogP contribution in [0.15, 0.2) is 12.1 Å². The molecular formula is C13H19FN2O. The number of hydrogen-bond donors (Lipinski definition) is 0. The molecule has 0 unspecified atom stereocenters. The van der Waals surface area contributed by atoms with Crippen LogP contribution < -0.4 is 4.90 Å². The molecule has 0 amide bonds. The van der Waals surface area contributed by atoms with E-state index in [0.29, 0.717) is 0 Å². The van der Waals surface area contributed by atoms with Crippen LogP contribution in [-0.4, -0.2) is 30.3 Å². The molecule has 0 N–H and O–H groups in total. The highest BCUT2D eigenvalue weighted by Crippen LogP contribution is 2.20. The number of morpholine rings is 1. The summed E-state index contributed by atoms with van der Waals surface area (Å²) in [6.45, 7) is 7.58. The number of ether oxygens (including phenoxy) is 1. The van der Waals surface area contributed by atoms with Crippen molar-refractivity contribution in [2.75, 3.05) is 18.0 Å². The molecule has 4 heteroatoms. The second-order valence-corrected chi connectivity index (χ2v) is 4.65. The van der Waals surface area contributed by atoms with Crippen molar-refractivity contribution in [3.8, 4) is 0 Å². The molecule has 0 saturated carbocycles. The van der Waals surface area contributed by atoms with Gasteiger partial charge in [-0.25, -0.2) is 9.37 Å². The molecule has 0 radical (unpaired) electrons. The Labute approximate surface area is 102 Å². The van der Waals surface area contributed by atoms with E-state index >= 15 is 0 Å². The van der Waals surface area contributed by atoms with Gasteiger partial charge >= 0.3 is 0 Å². The van der Waals surface area contributed by atoms with Crippen LogP contribution in [0.3, 0.4) is 0 Å². The zero-order valence-corrected chi connectivity index (χ0v) is 10.6. The number of aromatic nitrogens is 1. The van der Waals surface area contributed by atoms with Crippen molar-refractivity contribution in [2.45, 2.75) is 39.4 Å². The van der Waals surface area contributed by atoms with Gasteiger partial charge in [-0.3, -0.25) is 0 Å². The van der Waals surface area contributed by atoms with E-state index in [9.17, 15) is 4.39 Å². The van der Waals surface area contributed by atoms with Gasteiger partial charge in [0.1, 0.15) is 11.6 Å². The molecule has 2 rings (SSSR count). The lowest BCUT2D eigenvalue weighted by Gasteiger charge is -2.36. The first-order valence-corrected chi connectivity index (χ1v) is 6.15. The fraction of sp³-hybridized carbons (Fsp3) is 0.615. The summed E-state index contributed by atoms with van der Waals surface area (Å²) in [7, 11) is 0. The zero-order chi connectivity index (χ0) is 12.4. The van der Waals surface area contributed by atoms with Crippen LogP contribution in [0.4, 0.5) is 10.2 Å². The minimum absolute atomic E-state index is 0.161. The molecule has 0 aromatic carbocycles. The van der Waals surface area contributed by atoms with Crippen LogP contribution in [0.5, 0.6) is 0 Å². The van der Waals surface area contributed by atoms with Gasteiger partial charge in [-0.1, -0.05) is 6.92 Å². The first-order chi connectivity index (χ1) is 8.08. The molecule has 0 bridgehead atoms. The SMILES string of the molecule is CCc1cc(F)cc(N2C[C@@H](C)O[C@@H](C)C2)n1. The summed E-state index contributed by atoms with van der Waals surface area (Å²) < 4.78 is 19.1. The first kappa shape index (κ1) is 12.3. The molecule has 1 aromatic heterocycles. The van der Waals surface area contributed by atoms with E-state index in [2.05, 4.69) is 9.88 Å². The molecule has 17 heavy (non-hydrogen) atoms. The Morgan fingerprint density at radius 1 is 1.35 bits per heavy atom. The van der Waals surface area contributed by atoms with Gasteiger partial charge in [0.2, 0.25) is 0 Å². The summed E-state index contributed by atoms with van der Waals surface area (Å²) in [5.41, 5.74) is 0.798. The molecule has 2 heterocycles. The molecular weight excluding hydrogens is 219 g/mol. The van der Waals surface area contributed by atoms with Crippen molar-refractivity contribution in [1.82, 2.24) is 4.98 Å². The van der Waals surface area contributed by atoms with E-state index in [1.807, 2.05) is 20.8 Å². The first-order valence-electron chi connectivity index (χ1n) is 6.15. The van der Waals surface area contributed by atoms with Gasteiger partial charge in [0, 0.05) is 24.8 Å². The van der Waals surface area contributed by atoms with Gasteiger partial charge in [-0.2, -0.15) is 0 Å². The molecule has 1 fully saturated rings. The third-order valence-corrected chi connectivity index (χ3v) is 2.94. The summed E-state index contributed by atoms with van der Waals surface area (Å²) in [4.78, 5) is 6.57. The van der Waals surface area contributed by atoms with Crippen LogP contribution in [-0.2, 0) is 11.2 Å². The van der Waals surface area contributed by atoms with Crippen molar-refractivity contribution in [3.05, 3.63) is 23.6 Å². The number of pyridine rings is 1. The lowest BCUT2D eigenvalue weighted by atomic mass is 10.2. The van der Waals surface area contributed by atoms with Gasteiger partial charge in [0.05, 0.1) is 12.2 Å². The molecule has 1 aromatic rings. The molecule has 0 aliphatic carbocycles. The topological polar surface area (TPSA) is 25.4 Å². The van der Waals surface area contributed by atoms with Crippen molar-refractivity contribution >= 4 is 5.82 Å². The maximum Gasteiger partial charge on any atom is 0.131 e. The van der Waals surface area contributed by atoms with E-state index in [4.69, 9.17) is 4.74 Å². The number of anilines is 1. The molecule has 0 spiro atoms. The summed E-state index contributed by atoms with van der Waals surface area (Å²) in [6.07, 6.45) is 1.07. The Kier molecular flexibility index (Phi) is 3.62. The largest absolute Gasteiger partial charge is 0.372 e. The normalized spacial score (nSPS) is 25.1. The number of nitrogens with zero attached hydrogens (tertiary/aromatic N) is 2. The van der Waals surface area contributed by atoms with Gasteiger partial charge in [-0.15, -0.1) is 0 Å². The predicted molar refractivity (Wildman–Crippen MR) is 65.8 cm³/mol. The molecule has 2 atom stereocenters. The van der Waals surface area contributed by atoms with Gasteiger partial charge in [-0.05, 0) is 26.3 Å². The Morgan fingerprint density at radius 2 is 2.00 bits per heavy atom. The smallest absolute Gasteiger partial charge is 0.131 e. The molecule has 1 saturated heterocycles. The standard InChI is InChI=1S/C13H19FN2O/c1-4-12-5-11(14)6-13(15-12)16-7-9(2)17-10(3)8-16/h5-6,9-10H,4,7-8H2,1-3H3/t9-,10+. The van der Waals surface area contributed by atoms with Gasteiger partial charge in [0.15, 0.2) is 0 Å². The number of hydrogen-bond acceptors (Lipinski definition) is 3. The zero-order valence-electron chi connectivity index (χ0n) is 10.6. The lowest BCUT2D eigenvalue weighted by Crippen LogP contribution is -2.45. The Balaban J connectivity index is 2.23. The maximum atomic E-state index is 13.5. The quantitative estimate of drug-likeness (QED) is 0.791. The van der Waals surface area contributed by atoms with Gasteiger partial charge in [0.25, 0.3) is 0 Å². The van der Waals surface area contributed by atoms with Crippen LogP contribution in [0.25, 0.3) is 0 Å². The third-order valence-electron chi connectivity index (χ3n) is 2.94. The number of rotatable bonds is 2. The second-order valence-electron chi connectivity index (χ2n) is 4.65. The van der Waals surface area contributed by atoms with Gasteiger partial charge < -0.3 is 9.64 Å². The molecule has 3 nitrogen and oxygen atoms in total. The maximum absolute atomic E-state index is 13.5. The summed E-state index contributed by atoms with van der Waals surface area (Å²) in [6, 6.07) is 3.00. The highest BCUT2D eigenvalue weighted by atomic mass is 19.1. The average molecular weight is 238 g/mol. The van der Waals surface area contributed by atoms with Crippen molar-refractivity contribution in [1.29, 1.82) is 0 Å². The predicted octanol–water partition coefficient (Wildman–Crippen LogP) is 2.40. The van der Waals surface area contributed by atoms with Crippen LogP contribution in [0, 0.1) is 5.82 Å². The summed E-state index contributed by atoms with van der Waals surface area (Å²) in [5.74, 6) is 0.516. The van der Waals surface area contributed by atoms with Crippen molar-refractivity contribution in [3.63, 3.8) is 0 Å². The summed E-state index contributed by atoms with van der Waals surface area (Å²) >= 11 is 0. The molecule has 1 aliphatic heterocycles. The number of halogens is 1. The van der Waals surface area contributed by atoms with Crippen LogP contribution in [0.1, 0.15) is 26.5 Å². The fourth-order valence-corrected chi connectivity index (χ4v) is 2.24. The second kappa shape index (κ2) is 5.00. The minimum Gasteiger partial charge on any atom is -0.372 e. The molecule has 1 aliphatic rings. The Morgan fingerprint density at radius 3 is 2.59 bits per heavy atom. The van der Waals surface area contributed by atoms with E-state index in [1.165, 1.54) is 12.1 Å². The monoisotopic (exact) mass is 238 g/mol. The molecule has 94 valence electrons. The highest BCUT2D eigenvalue weighted by Gasteiger charge is 2.23. The Hall–Kier alpha value is -1.16. The Bertz CT molecular complexity index is 387. The highest BCUT2D eigenvalue weighted by molar-refractivity contribution is 5.40. The van der Waals surface area contributed by atoms with Crippen LogP contribution in [0.2, 0.25) is 0 Å². The number of aryl methyl sites for hydroxylation is 1. The van der Waals surface area contributed by atoms with Crippen molar-refractivity contribution < 1.29 is 9.13 Å². The fourth-order valence-electron chi connectivity index (χ4n) is 2.24. The van der Waals surface area contributed by atoms with E-state index < -0.39 is 0 Å². The van der Waals surface area contributed by atoms with Crippen LogP contribution >= 0.6 is 0 Å². The van der Waals surface area contributed by atoms with Crippen molar-refractivity contribution in [2.24, 2.45) is 0 Å². The third kappa shape index (κ3) is 2.94. The average Bonchev–Trinajstić information content (AvgIpc) is 2.26. The van der Waals surface area contributed by atoms with E-state index in [1.54, 1.807) is 0 Å². The lowest BCUT2D eigenvalue weighted by molar-refractivity contribution is -0.00548. The summed E-state index contributed by atoms with van der Waals surface area (Å²) in [5, 5.41) is 0. The minimum atomic E-state index is -0.210. The van der Waals surface area contributed by atoms with E-state index in [-0.39, 0.29) is 18.0 Å². The van der Waals surface area contributed by atoms with E-state index in [0.717, 1.165) is 31.0 Å².